The second kappa shape index (κ2) is 8.83. The van der Waals surface area contributed by atoms with Crippen LogP contribution >= 0.6 is 0 Å². The molecule has 4 nitrogen and oxygen atoms in total. The molecule has 0 aliphatic heterocycles. The van der Waals surface area contributed by atoms with E-state index in [1.807, 2.05) is 60.7 Å². The van der Waals surface area contributed by atoms with Crippen molar-refractivity contribution in [2.45, 2.75) is 19.9 Å². The first-order valence-electron chi connectivity index (χ1n) is 7.94. The lowest BCUT2D eigenvalue weighted by Crippen LogP contribution is -2.41. The molecule has 1 unspecified atom stereocenters. The maximum Gasteiger partial charge on any atom is 0.315 e. The number of para-hydroxylation sites is 1. The number of ether oxygens (including phenoxy) is 1. The van der Waals surface area contributed by atoms with Crippen molar-refractivity contribution in [3.63, 3.8) is 0 Å². The minimum absolute atomic E-state index is 0.00811. The van der Waals surface area contributed by atoms with E-state index >= 15 is 0 Å². The number of nitrogens with one attached hydrogen (secondary N) is 2. The van der Waals surface area contributed by atoms with Crippen molar-refractivity contribution >= 4 is 6.03 Å². The first kappa shape index (κ1) is 16.9. The Morgan fingerprint density at radius 3 is 2.22 bits per heavy atom. The fourth-order valence-electron chi connectivity index (χ4n) is 2.34. The fraction of sp³-hybridized carbons (Fsp3) is 0.316. The van der Waals surface area contributed by atoms with E-state index in [1.165, 1.54) is 0 Å². The monoisotopic (exact) mass is 312 g/mol. The number of hydrogen-bond donors (Lipinski definition) is 2. The van der Waals surface area contributed by atoms with Gasteiger partial charge in [0.2, 0.25) is 0 Å². The number of benzene rings is 2. The zero-order valence-electron chi connectivity index (χ0n) is 13.7. The van der Waals surface area contributed by atoms with Crippen LogP contribution in [0.5, 0.6) is 5.75 Å². The standard InChI is InChI=1S/C19H24N2O2/c1-15(2)18(16-9-5-3-6-10-16)21-19(22)20-13-14-23-17-11-7-4-8-12-17/h3-12,15,18H,13-14H2,1-2H3,(H2,20,21,22). The van der Waals surface area contributed by atoms with E-state index in [1.54, 1.807) is 0 Å². The van der Waals surface area contributed by atoms with Gasteiger partial charge in [0.05, 0.1) is 12.6 Å². The Kier molecular flexibility index (Phi) is 6.48. The highest BCUT2D eigenvalue weighted by Crippen LogP contribution is 2.20. The van der Waals surface area contributed by atoms with Crippen LogP contribution in [-0.2, 0) is 0 Å². The minimum Gasteiger partial charge on any atom is -0.492 e. The summed E-state index contributed by atoms with van der Waals surface area (Å²) >= 11 is 0. The molecule has 0 aromatic heterocycles. The summed E-state index contributed by atoms with van der Waals surface area (Å²) in [5.41, 5.74) is 1.11. The van der Waals surface area contributed by atoms with Crippen LogP contribution in [0.3, 0.4) is 0 Å². The third-order valence-corrected chi connectivity index (χ3v) is 3.51. The molecule has 0 radical (unpaired) electrons. The lowest BCUT2D eigenvalue weighted by molar-refractivity contribution is 0.229. The van der Waals surface area contributed by atoms with Crippen LogP contribution in [0.1, 0.15) is 25.5 Å². The molecule has 2 N–H and O–H groups in total. The lowest BCUT2D eigenvalue weighted by Gasteiger charge is -2.23. The number of rotatable bonds is 7. The van der Waals surface area contributed by atoms with Gasteiger partial charge in [-0.3, -0.25) is 0 Å². The molecule has 0 aliphatic rings. The predicted octanol–water partition coefficient (Wildman–Crippen LogP) is 3.76. The summed E-state index contributed by atoms with van der Waals surface area (Å²) in [6.07, 6.45) is 0. The summed E-state index contributed by atoms with van der Waals surface area (Å²) in [6.45, 7) is 5.09. The number of amides is 2. The van der Waals surface area contributed by atoms with Crippen LogP contribution in [0, 0.1) is 5.92 Å². The molecule has 0 saturated heterocycles. The quantitative estimate of drug-likeness (QED) is 0.765. The van der Waals surface area contributed by atoms with Crippen LogP contribution in [0.25, 0.3) is 0 Å². The first-order chi connectivity index (χ1) is 11.2. The molecule has 0 aliphatic carbocycles. The first-order valence-corrected chi connectivity index (χ1v) is 7.94. The van der Waals surface area contributed by atoms with Gasteiger partial charge in [-0.2, -0.15) is 0 Å². The normalized spacial score (nSPS) is 11.8. The Bertz CT molecular complexity index is 585. The second-order valence-corrected chi connectivity index (χ2v) is 5.69. The number of urea groups is 1. The molecular formula is C19H24N2O2. The molecule has 0 bridgehead atoms. The molecule has 2 aromatic rings. The van der Waals surface area contributed by atoms with E-state index in [-0.39, 0.29) is 12.1 Å². The summed E-state index contributed by atoms with van der Waals surface area (Å²) in [7, 11) is 0. The van der Waals surface area contributed by atoms with Crippen molar-refractivity contribution in [3.05, 3.63) is 66.2 Å². The Morgan fingerprint density at radius 2 is 1.61 bits per heavy atom. The zero-order valence-corrected chi connectivity index (χ0v) is 13.7. The van der Waals surface area contributed by atoms with Gasteiger partial charge in [-0.1, -0.05) is 62.4 Å². The second-order valence-electron chi connectivity index (χ2n) is 5.69. The largest absolute Gasteiger partial charge is 0.492 e. The molecule has 2 amide bonds. The maximum absolute atomic E-state index is 12.1. The molecule has 0 saturated carbocycles. The SMILES string of the molecule is CC(C)C(NC(=O)NCCOc1ccccc1)c1ccccc1. The summed E-state index contributed by atoms with van der Waals surface area (Å²) in [5, 5.41) is 5.86. The average Bonchev–Trinajstić information content (AvgIpc) is 2.58. The van der Waals surface area contributed by atoms with Gasteiger partial charge in [-0.25, -0.2) is 4.79 Å². The number of carbonyl (C=O) groups is 1. The van der Waals surface area contributed by atoms with E-state index in [4.69, 9.17) is 4.74 Å². The van der Waals surface area contributed by atoms with E-state index in [0.717, 1.165) is 11.3 Å². The highest BCUT2D eigenvalue weighted by Gasteiger charge is 2.17. The Labute approximate surface area is 137 Å². The molecule has 0 fully saturated rings. The third-order valence-electron chi connectivity index (χ3n) is 3.51. The summed E-state index contributed by atoms with van der Waals surface area (Å²) in [4.78, 5) is 12.1. The molecule has 2 aromatic carbocycles. The Balaban J connectivity index is 1.76. The van der Waals surface area contributed by atoms with E-state index in [9.17, 15) is 4.79 Å². The predicted molar refractivity (Wildman–Crippen MR) is 92.5 cm³/mol. The topological polar surface area (TPSA) is 50.4 Å². The zero-order chi connectivity index (χ0) is 16.5. The average molecular weight is 312 g/mol. The van der Waals surface area contributed by atoms with Crippen LogP contribution in [0.2, 0.25) is 0 Å². The van der Waals surface area contributed by atoms with Crippen molar-refractivity contribution in [1.82, 2.24) is 10.6 Å². The minimum atomic E-state index is -0.177. The van der Waals surface area contributed by atoms with Crippen LogP contribution < -0.4 is 15.4 Å². The molecule has 23 heavy (non-hydrogen) atoms. The van der Waals surface area contributed by atoms with Crippen LogP contribution in [-0.4, -0.2) is 19.2 Å². The van der Waals surface area contributed by atoms with E-state index in [2.05, 4.69) is 24.5 Å². The van der Waals surface area contributed by atoms with Crippen molar-refractivity contribution < 1.29 is 9.53 Å². The van der Waals surface area contributed by atoms with Crippen LogP contribution in [0.4, 0.5) is 4.79 Å². The molecule has 122 valence electrons. The van der Waals surface area contributed by atoms with Gasteiger partial charge in [0.25, 0.3) is 0 Å². The molecule has 2 rings (SSSR count). The highest BCUT2D eigenvalue weighted by molar-refractivity contribution is 5.74. The highest BCUT2D eigenvalue weighted by atomic mass is 16.5. The van der Waals surface area contributed by atoms with Crippen molar-refractivity contribution in [2.75, 3.05) is 13.2 Å². The summed E-state index contributed by atoms with van der Waals surface area (Å²) in [5.74, 6) is 1.11. The molecule has 0 heterocycles. The summed E-state index contributed by atoms with van der Waals surface area (Å²) < 4.78 is 5.55. The Morgan fingerprint density at radius 1 is 1.00 bits per heavy atom. The third kappa shape index (κ3) is 5.66. The maximum atomic E-state index is 12.1. The van der Waals surface area contributed by atoms with Crippen molar-refractivity contribution in [2.24, 2.45) is 5.92 Å². The number of carbonyl (C=O) groups excluding carboxylic acids is 1. The summed E-state index contributed by atoms with van der Waals surface area (Å²) in [6, 6.07) is 19.4. The van der Waals surface area contributed by atoms with Gasteiger partial charge in [0.15, 0.2) is 0 Å². The van der Waals surface area contributed by atoms with Gasteiger partial charge in [-0.05, 0) is 23.6 Å². The van der Waals surface area contributed by atoms with Gasteiger partial charge in [0, 0.05) is 0 Å². The fourth-order valence-corrected chi connectivity index (χ4v) is 2.34. The van der Waals surface area contributed by atoms with Gasteiger partial charge >= 0.3 is 6.03 Å². The van der Waals surface area contributed by atoms with E-state index < -0.39 is 0 Å². The lowest BCUT2D eigenvalue weighted by atomic mass is 9.96. The molecular weight excluding hydrogens is 288 g/mol. The molecule has 0 spiro atoms. The van der Waals surface area contributed by atoms with Gasteiger partial charge in [-0.15, -0.1) is 0 Å². The molecule has 1 atom stereocenters. The molecule has 4 heteroatoms. The van der Waals surface area contributed by atoms with Gasteiger partial charge < -0.3 is 15.4 Å². The van der Waals surface area contributed by atoms with Crippen LogP contribution in [0.15, 0.2) is 60.7 Å². The Hall–Kier alpha value is -2.49. The smallest absolute Gasteiger partial charge is 0.315 e. The van der Waals surface area contributed by atoms with E-state index in [0.29, 0.717) is 19.1 Å². The number of hydrogen-bond acceptors (Lipinski definition) is 2. The van der Waals surface area contributed by atoms with Crippen molar-refractivity contribution in [3.8, 4) is 5.75 Å². The van der Waals surface area contributed by atoms with Crippen molar-refractivity contribution in [1.29, 1.82) is 0 Å². The van der Waals surface area contributed by atoms with Gasteiger partial charge in [0.1, 0.15) is 12.4 Å².